The van der Waals surface area contributed by atoms with Gasteiger partial charge in [-0.1, -0.05) is 26.2 Å². The van der Waals surface area contributed by atoms with Crippen molar-refractivity contribution in [2.24, 2.45) is 5.92 Å². The molecular formula is C14H27N3O. The van der Waals surface area contributed by atoms with E-state index < -0.39 is 0 Å². The van der Waals surface area contributed by atoms with Crippen LogP contribution in [0.5, 0.6) is 0 Å². The monoisotopic (exact) mass is 253 g/mol. The Morgan fingerprint density at radius 3 is 2.78 bits per heavy atom. The molecule has 0 aromatic rings. The van der Waals surface area contributed by atoms with Crippen molar-refractivity contribution in [1.29, 1.82) is 0 Å². The van der Waals surface area contributed by atoms with Crippen LogP contribution in [-0.2, 0) is 4.79 Å². The molecule has 2 rings (SSSR count). The Morgan fingerprint density at radius 2 is 2.11 bits per heavy atom. The summed E-state index contributed by atoms with van der Waals surface area (Å²) in [6.45, 7) is 6.01. The third kappa shape index (κ3) is 3.69. The van der Waals surface area contributed by atoms with Gasteiger partial charge in [0.25, 0.3) is 0 Å². The quantitative estimate of drug-likeness (QED) is 0.704. The molecule has 0 bridgehead atoms. The van der Waals surface area contributed by atoms with E-state index in [9.17, 15) is 4.79 Å². The van der Waals surface area contributed by atoms with Crippen LogP contribution in [-0.4, -0.2) is 37.1 Å². The van der Waals surface area contributed by atoms with E-state index in [1.807, 2.05) is 0 Å². The van der Waals surface area contributed by atoms with Crippen LogP contribution in [0.25, 0.3) is 0 Å². The normalized spacial score (nSPS) is 37.2. The first-order valence-electron chi connectivity index (χ1n) is 7.46. The van der Waals surface area contributed by atoms with Gasteiger partial charge in [0.05, 0.1) is 6.04 Å². The Hall–Kier alpha value is -0.610. The molecule has 1 aliphatic heterocycles. The van der Waals surface area contributed by atoms with E-state index in [0.29, 0.717) is 12.1 Å². The fourth-order valence-corrected chi connectivity index (χ4v) is 3.06. The first-order chi connectivity index (χ1) is 8.69. The zero-order valence-electron chi connectivity index (χ0n) is 11.7. The van der Waals surface area contributed by atoms with Crippen molar-refractivity contribution >= 4 is 5.91 Å². The van der Waals surface area contributed by atoms with E-state index in [4.69, 9.17) is 0 Å². The van der Waals surface area contributed by atoms with Gasteiger partial charge < -0.3 is 16.0 Å². The highest BCUT2D eigenvalue weighted by Crippen LogP contribution is 2.26. The largest absolute Gasteiger partial charge is 0.352 e. The van der Waals surface area contributed by atoms with Crippen molar-refractivity contribution in [3.63, 3.8) is 0 Å². The lowest BCUT2D eigenvalue weighted by Gasteiger charge is -2.32. The summed E-state index contributed by atoms with van der Waals surface area (Å²) in [6, 6.07) is 0.814. The highest BCUT2D eigenvalue weighted by atomic mass is 16.2. The molecule has 1 amide bonds. The molecule has 4 nitrogen and oxygen atoms in total. The van der Waals surface area contributed by atoms with Gasteiger partial charge in [0.2, 0.25) is 5.91 Å². The molecule has 4 heteroatoms. The molecule has 3 N–H and O–H groups in total. The van der Waals surface area contributed by atoms with Gasteiger partial charge in [0.1, 0.15) is 0 Å². The van der Waals surface area contributed by atoms with Crippen molar-refractivity contribution in [3.8, 4) is 0 Å². The summed E-state index contributed by atoms with van der Waals surface area (Å²) in [5.41, 5.74) is 0. The van der Waals surface area contributed by atoms with Crippen molar-refractivity contribution in [2.75, 3.05) is 13.1 Å². The molecule has 2 aliphatic rings. The fourth-order valence-electron chi connectivity index (χ4n) is 3.06. The number of rotatable bonds is 3. The molecule has 2 fully saturated rings. The lowest BCUT2D eigenvalue weighted by molar-refractivity contribution is -0.124. The molecule has 0 aromatic carbocycles. The molecule has 4 unspecified atom stereocenters. The Bertz CT molecular complexity index is 274. The number of hydrogen-bond donors (Lipinski definition) is 3. The number of carbonyl (C=O) groups is 1. The summed E-state index contributed by atoms with van der Waals surface area (Å²) in [7, 11) is 0. The maximum Gasteiger partial charge on any atom is 0.238 e. The number of carbonyl (C=O) groups excluding carboxylic acids is 1. The average Bonchev–Trinajstić information content (AvgIpc) is 2.39. The van der Waals surface area contributed by atoms with Crippen LogP contribution < -0.4 is 16.0 Å². The molecule has 1 heterocycles. The molecule has 104 valence electrons. The fraction of sp³-hybridized carbons (Fsp3) is 0.929. The van der Waals surface area contributed by atoms with Crippen LogP contribution in [0.15, 0.2) is 0 Å². The second-order valence-electron chi connectivity index (χ2n) is 5.92. The smallest absolute Gasteiger partial charge is 0.238 e. The molecule has 1 aliphatic carbocycles. The molecule has 1 saturated heterocycles. The van der Waals surface area contributed by atoms with Crippen LogP contribution in [0.2, 0.25) is 0 Å². The van der Waals surface area contributed by atoms with Crippen molar-refractivity contribution in [1.82, 2.24) is 16.0 Å². The van der Waals surface area contributed by atoms with Crippen molar-refractivity contribution in [3.05, 3.63) is 0 Å². The Balaban J connectivity index is 1.76. The first-order valence-corrected chi connectivity index (χ1v) is 7.46. The highest BCUT2D eigenvalue weighted by molar-refractivity contribution is 5.82. The van der Waals surface area contributed by atoms with Gasteiger partial charge in [-0.25, -0.2) is 0 Å². The number of amides is 1. The zero-order chi connectivity index (χ0) is 13.0. The number of piperazine rings is 1. The second kappa shape index (κ2) is 6.53. The number of nitrogens with one attached hydrogen (secondary N) is 3. The first kappa shape index (κ1) is 13.8. The van der Waals surface area contributed by atoms with Gasteiger partial charge in [-0.3, -0.25) is 4.79 Å². The average molecular weight is 253 g/mol. The summed E-state index contributed by atoms with van der Waals surface area (Å²) in [4.78, 5) is 12.2. The third-order valence-corrected chi connectivity index (χ3v) is 4.36. The van der Waals surface area contributed by atoms with Crippen LogP contribution in [0, 0.1) is 5.92 Å². The van der Waals surface area contributed by atoms with Crippen molar-refractivity contribution in [2.45, 2.75) is 64.1 Å². The molecule has 0 aromatic heterocycles. The molecule has 1 saturated carbocycles. The third-order valence-electron chi connectivity index (χ3n) is 4.36. The van der Waals surface area contributed by atoms with Crippen LogP contribution in [0.1, 0.15) is 46.0 Å². The minimum atomic E-state index is -0.0526. The van der Waals surface area contributed by atoms with E-state index in [-0.39, 0.29) is 11.9 Å². The second-order valence-corrected chi connectivity index (χ2v) is 5.92. The summed E-state index contributed by atoms with van der Waals surface area (Å²) in [6.07, 6.45) is 6.16. The van der Waals surface area contributed by atoms with Gasteiger partial charge in [-0.15, -0.1) is 0 Å². The minimum absolute atomic E-state index is 0.0526. The van der Waals surface area contributed by atoms with E-state index in [2.05, 4.69) is 29.8 Å². The lowest BCUT2D eigenvalue weighted by Crippen LogP contribution is -2.60. The summed E-state index contributed by atoms with van der Waals surface area (Å²) >= 11 is 0. The van der Waals surface area contributed by atoms with Gasteiger partial charge in [-0.05, 0) is 25.7 Å². The van der Waals surface area contributed by atoms with E-state index in [1.165, 1.54) is 25.7 Å². The van der Waals surface area contributed by atoms with Crippen LogP contribution >= 0.6 is 0 Å². The van der Waals surface area contributed by atoms with E-state index in [0.717, 1.165) is 25.4 Å². The standard InChI is InChI=1S/C14H27N3O/c1-3-11-5-4-6-12(7-11)17-14(18)13-9-15-10(2)8-16-13/h10-13,15-16H,3-9H2,1-2H3,(H,17,18). The molecule has 0 radical (unpaired) electrons. The van der Waals surface area contributed by atoms with Crippen molar-refractivity contribution < 1.29 is 4.79 Å². The summed E-state index contributed by atoms with van der Waals surface area (Å²) in [5, 5.41) is 9.88. The summed E-state index contributed by atoms with van der Waals surface area (Å²) < 4.78 is 0. The number of hydrogen-bond acceptors (Lipinski definition) is 3. The molecular weight excluding hydrogens is 226 g/mol. The SMILES string of the molecule is CCC1CCCC(NC(=O)C2CNC(C)CN2)C1. The minimum Gasteiger partial charge on any atom is -0.352 e. The maximum atomic E-state index is 12.2. The van der Waals surface area contributed by atoms with E-state index >= 15 is 0 Å². The van der Waals surface area contributed by atoms with Gasteiger partial charge >= 0.3 is 0 Å². The van der Waals surface area contributed by atoms with Crippen LogP contribution in [0.3, 0.4) is 0 Å². The molecule has 4 atom stereocenters. The molecule has 18 heavy (non-hydrogen) atoms. The summed E-state index contributed by atoms with van der Waals surface area (Å²) in [5.74, 6) is 0.984. The maximum absolute atomic E-state index is 12.2. The predicted octanol–water partition coefficient (Wildman–Crippen LogP) is 1.02. The Labute approximate surface area is 110 Å². The lowest BCUT2D eigenvalue weighted by atomic mass is 9.84. The van der Waals surface area contributed by atoms with Gasteiger partial charge in [-0.2, -0.15) is 0 Å². The Kier molecular flexibility index (Phi) is 5.01. The van der Waals surface area contributed by atoms with Crippen LogP contribution in [0.4, 0.5) is 0 Å². The molecule has 0 spiro atoms. The Morgan fingerprint density at radius 1 is 1.28 bits per heavy atom. The van der Waals surface area contributed by atoms with E-state index in [1.54, 1.807) is 0 Å². The van der Waals surface area contributed by atoms with Gasteiger partial charge in [0, 0.05) is 25.2 Å². The van der Waals surface area contributed by atoms with Gasteiger partial charge in [0.15, 0.2) is 0 Å². The highest BCUT2D eigenvalue weighted by Gasteiger charge is 2.27. The predicted molar refractivity (Wildman–Crippen MR) is 73.4 cm³/mol. The zero-order valence-corrected chi connectivity index (χ0v) is 11.7. The topological polar surface area (TPSA) is 53.2 Å².